The second-order valence-electron chi connectivity index (χ2n) is 17.9. The maximum atomic E-state index is 15.8. The van der Waals surface area contributed by atoms with E-state index in [9.17, 15) is 19.1 Å². The predicted molar refractivity (Wildman–Crippen MR) is 255 cm³/mol. The van der Waals surface area contributed by atoms with Gasteiger partial charge in [-0.2, -0.15) is 0 Å². The lowest BCUT2D eigenvalue weighted by Crippen LogP contribution is -2.52. The van der Waals surface area contributed by atoms with Gasteiger partial charge in [-0.25, -0.2) is 9.36 Å². The van der Waals surface area contributed by atoms with E-state index in [2.05, 4.69) is 38.7 Å². The Morgan fingerprint density at radius 2 is 1.49 bits per heavy atom. The Hall–Kier alpha value is -6.61. The van der Waals surface area contributed by atoms with Crippen molar-refractivity contribution in [1.29, 1.82) is 0 Å². The molecule has 2 aromatic heterocycles. The van der Waals surface area contributed by atoms with Crippen molar-refractivity contribution in [2.75, 3.05) is 44.3 Å². The molecule has 4 aliphatic rings. The standard InChI is InChI=1S/C52H53N6O9P/c1-35-9-13-43(14-10-35)66-52(61)55-23-19-37-29-45(46(30-39(37)32-55)50(59)57-33-38-7-3-2-6-36(38)28-42(57)34-54-24-26-65-27-25-54)49-31-47(48-8-4-5-22-56(48)49)51(60)58(41-17-20-53-21-18-41)40-11-15-44(16-12-40)67-68(62,63)64/h2-3,6-7,9-18,20-21,29-31,42H,4-5,8,19,22-28,32-34H2,1H3,(H2,62,63,64)/t42-/m0/s1. The number of amides is 3. The minimum Gasteiger partial charge on any atom is -0.410 e. The van der Waals surface area contributed by atoms with Crippen molar-refractivity contribution in [2.45, 2.75) is 64.7 Å². The van der Waals surface area contributed by atoms with Crippen LogP contribution in [0.25, 0.3) is 11.3 Å². The van der Waals surface area contributed by atoms with E-state index in [1.165, 1.54) is 17.7 Å². The minimum absolute atomic E-state index is 0.0481. The topological polar surface area (TPSA) is 167 Å². The highest BCUT2D eigenvalue weighted by Crippen LogP contribution is 2.41. The Morgan fingerprint density at radius 3 is 2.24 bits per heavy atom. The SMILES string of the molecule is Cc1ccc(OC(=O)N2CCc3cc(-c4cc(C(=O)N(c5ccncc5)c5ccc(OP(=O)(O)O)cc5)c5n4CCCC5)c(C(=O)N4Cc5ccccc5C[C@H]4CN4CCOCC4)cc3C2)cc1. The fourth-order valence-corrected chi connectivity index (χ4v) is 10.4. The first-order valence-electron chi connectivity index (χ1n) is 23.2. The molecule has 1 saturated heterocycles. The highest BCUT2D eigenvalue weighted by molar-refractivity contribution is 7.46. The first-order valence-corrected chi connectivity index (χ1v) is 24.7. The van der Waals surface area contributed by atoms with Crippen molar-refractivity contribution < 1.29 is 42.7 Å². The number of fused-ring (bicyclic) bond motifs is 3. The number of ether oxygens (including phenoxy) is 2. The van der Waals surface area contributed by atoms with Gasteiger partial charge in [-0.3, -0.25) is 34.2 Å². The summed E-state index contributed by atoms with van der Waals surface area (Å²) in [5, 5.41) is 0. The van der Waals surface area contributed by atoms with E-state index in [-0.39, 0.29) is 30.2 Å². The molecule has 0 bridgehead atoms. The van der Waals surface area contributed by atoms with Gasteiger partial charge < -0.3 is 28.4 Å². The van der Waals surface area contributed by atoms with Crippen molar-refractivity contribution in [3.8, 4) is 22.8 Å². The van der Waals surface area contributed by atoms with Crippen molar-refractivity contribution in [3.63, 3.8) is 0 Å². The molecule has 6 heterocycles. The summed E-state index contributed by atoms with van der Waals surface area (Å²) < 4.78 is 30.2. The number of nitrogens with zero attached hydrogens (tertiary/aromatic N) is 6. The summed E-state index contributed by atoms with van der Waals surface area (Å²) >= 11 is 0. The third kappa shape index (κ3) is 9.58. The molecule has 4 aliphatic heterocycles. The predicted octanol–water partition coefficient (Wildman–Crippen LogP) is 8.10. The number of aromatic nitrogens is 2. The number of aryl methyl sites for hydroxylation is 1. The zero-order valence-electron chi connectivity index (χ0n) is 37.8. The quantitative estimate of drug-likeness (QED) is 0.127. The van der Waals surface area contributed by atoms with Crippen LogP contribution in [0.15, 0.2) is 116 Å². The second-order valence-corrected chi connectivity index (χ2v) is 19.1. The van der Waals surface area contributed by atoms with E-state index < -0.39 is 13.9 Å². The van der Waals surface area contributed by atoms with Crippen LogP contribution in [0.4, 0.5) is 16.2 Å². The maximum Gasteiger partial charge on any atom is 0.524 e. The lowest BCUT2D eigenvalue weighted by molar-refractivity contribution is 0.0193. The molecule has 6 aromatic rings. The summed E-state index contributed by atoms with van der Waals surface area (Å²) in [7, 11) is -4.82. The number of carbonyl (C=O) groups excluding carboxylic acids is 3. The minimum atomic E-state index is -4.82. The van der Waals surface area contributed by atoms with Crippen LogP contribution in [0, 0.1) is 6.92 Å². The van der Waals surface area contributed by atoms with Crippen molar-refractivity contribution in [3.05, 3.63) is 160 Å². The Bertz CT molecular complexity index is 2900. The molecule has 350 valence electrons. The van der Waals surface area contributed by atoms with Crippen LogP contribution in [0.1, 0.15) is 67.1 Å². The molecular weight excluding hydrogens is 884 g/mol. The van der Waals surface area contributed by atoms with Gasteiger partial charge in [0.25, 0.3) is 11.8 Å². The zero-order valence-corrected chi connectivity index (χ0v) is 38.7. The first kappa shape index (κ1) is 45.2. The van der Waals surface area contributed by atoms with E-state index in [1.807, 2.05) is 42.2 Å². The van der Waals surface area contributed by atoms with Crippen LogP contribution in [-0.2, 0) is 48.2 Å². The molecule has 2 N–H and O–H groups in total. The lowest BCUT2D eigenvalue weighted by atomic mass is 9.89. The second kappa shape index (κ2) is 19.2. The number of rotatable bonds is 10. The van der Waals surface area contributed by atoms with Gasteiger partial charge >= 0.3 is 13.9 Å². The highest BCUT2D eigenvalue weighted by Gasteiger charge is 2.36. The van der Waals surface area contributed by atoms with Gasteiger partial charge in [-0.15, -0.1) is 0 Å². The van der Waals surface area contributed by atoms with E-state index in [4.69, 9.17) is 14.0 Å². The number of pyridine rings is 1. The molecule has 3 amide bonds. The van der Waals surface area contributed by atoms with Crippen LogP contribution in [0.5, 0.6) is 11.5 Å². The van der Waals surface area contributed by atoms with Crippen LogP contribution in [-0.4, -0.2) is 97.4 Å². The Morgan fingerprint density at radius 1 is 0.765 bits per heavy atom. The molecule has 0 aliphatic carbocycles. The van der Waals surface area contributed by atoms with Crippen LogP contribution < -0.4 is 14.2 Å². The Balaban J connectivity index is 1.07. The highest BCUT2D eigenvalue weighted by atomic mass is 31.2. The van der Waals surface area contributed by atoms with Crippen LogP contribution >= 0.6 is 7.82 Å². The molecule has 0 unspecified atom stereocenters. The first-order chi connectivity index (χ1) is 33.0. The molecule has 1 fully saturated rings. The van der Waals surface area contributed by atoms with Crippen molar-refractivity contribution in [1.82, 2.24) is 24.3 Å². The average Bonchev–Trinajstić information content (AvgIpc) is 3.74. The number of hydrogen-bond acceptors (Lipinski definition) is 9. The molecular formula is C52H53N6O9P. The fourth-order valence-electron chi connectivity index (χ4n) is 10.0. The zero-order chi connectivity index (χ0) is 46.9. The largest absolute Gasteiger partial charge is 0.524 e. The number of hydrogen-bond donors (Lipinski definition) is 2. The van der Waals surface area contributed by atoms with Crippen molar-refractivity contribution >= 4 is 37.1 Å². The Kier molecular flexibility index (Phi) is 12.7. The van der Waals surface area contributed by atoms with E-state index in [1.54, 1.807) is 58.6 Å². The molecule has 0 spiro atoms. The van der Waals surface area contributed by atoms with Crippen LogP contribution in [0.2, 0.25) is 0 Å². The number of phosphoric ester groups is 1. The summed E-state index contributed by atoms with van der Waals surface area (Å²) in [6.07, 6.45) is 6.37. The summed E-state index contributed by atoms with van der Waals surface area (Å²) in [5.74, 6) is -0.0205. The number of carbonyl (C=O) groups is 3. The van der Waals surface area contributed by atoms with Crippen molar-refractivity contribution in [2.24, 2.45) is 0 Å². The van der Waals surface area contributed by atoms with E-state index in [0.29, 0.717) is 86.9 Å². The van der Waals surface area contributed by atoms with Gasteiger partial charge in [0.05, 0.1) is 24.5 Å². The third-order valence-corrected chi connectivity index (χ3v) is 13.9. The Labute approximate surface area is 394 Å². The van der Waals surface area contributed by atoms with Gasteiger partial charge in [-0.1, -0.05) is 42.0 Å². The average molecular weight is 937 g/mol. The van der Waals surface area contributed by atoms with Gasteiger partial charge in [-0.05, 0) is 128 Å². The maximum absolute atomic E-state index is 15.8. The fraction of sp³-hybridized carbons (Fsp3) is 0.308. The molecule has 0 radical (unpaired) electrons. The van der Waals surface area contributed by atoms with E-state index >= 15 is 9.59 Å². The van der Waals surface area contributed by atoms with Gasteiger partial charge in [0.1, 0.15) is 11.5 Å². The number of anilines is 2. The number of phosphoric acid groups is 1. The van der Waals surface area contributed by atoms with Crippen LogP contribution in [0.3, 0.4) is 0 Å². The molecule has 10 rings (SSSR count). The molecule has 16 heteroatoms. The molecule has 0 saturated carbocycles. The summed E-state index contributed by atoms with van der Waals surface area (Å²) in [5.41, 5.74) is 9.58. The lowest BCUT2D eigenvalue weighted by Gasteiger charge is -2.41. The monoisotopic (exact) mass is 936 g/mol. The molecule has 68 heavy (non-hydrogen) atoms. The number of benzene rings is 4. The molecule has 15 nitrogen and oxygen atoms in total. The molecule has 4 aromatic carbocycles. The summed E-state index contributed by atoms with van der Waals surface area (Å²) in [4.78, 5) is 75.4. The van der Waals surface area contributed by atoms with Gasteiger partial charge in [0.15, 0.2) is 0 Å². The van der Waals surface area contributed by atoms with Gasteiger partial charge in [0.2, 0.25) is 0 Å². The third-order valence-electron chi connectivity index (χ3n) is 13.5. The van der Waals surface area contributed by atoms with Gasteiger partial charge in [0, 0.05) is 92.5 Å². The molecule has 1 atom stereocenters. The van der Waals surface area contributed by atoms with E-state index in [0.717, 1.165) is 65.1 Å². The summed E-state index contributed by atoms with van der Waals surface area (Å²) in [6, 6.07) is 31.0. The summed E-state index contributed by atoms with van der Waals surface area (Å²) in [6.45, 7) is 7.28. The normalized spacial score (nSPS) is 17.1. The number of morpholine rings is 1. The smallest absolute Gasteiger partial charge is 0.410 e.